The molecule has 1 heterocycles. The number of Topliss-reactive ketones (excluding diaryl/α,β-unsaturated/α-hetero) is 1. The molecule has 5 heteroatoms. The van der Waals surface area contributed by atoms with Crippen LogP contribution >= 0.6 is 0 Å². The van der Waals surface area contributed by atoms with Gasteiger partial charge in [-0.15, -0.1) is 0 Å². The summed E-state index contributed by atoms with van der Waals surface area (Å²) < 4.78 is 37.1. The summed E-state index contributed by atoms with van der Waals surface area (Å²) in [5.41, 5.74) is 0.231. The number of nitrogens with zero attached hydrogens (tertiary/aromatic N) is 1. The Morgan fingerprint density at radius 1 is 1.11 bits per heavy atom. The van der Waals surface area contributed by atoms with Gasteiger partial charge in [-0.05, 0) is 23.8 Å². The van der Waals surface area contributed by atoms with Crippen molar-refractivity contribution in [1.82, 2.24) is 4.98 Å². The third-order valence-electron chi connectivity index (χ3n) is 2.62. The Balaban J connectivity index is 2.12. The van der Waals surface area contributed by atoms with E-state index < -0.39 is 11.7 Å². The highest BCUT2D eigenvalue weighted by molar-refractivity contribution is 5.97. The largest absolute Gasteiger partial charge is 0.416 e. The Hall–Kier alpha value is -2.17. The van der Waals surface area contributed by atoms with Crippen LogP contribution in [0.1, 0.15) is 21.5 Å². The number of ketones is 1. The van der Waals surface area contributed by atoms with Crippen LogP contribution in [0.3, 0.4) is 0 Å². The molecule has 0 saturated carbocycles. The third kappa shape index (κ3) is 3.40. The van der Waals surface area contributed by atoms with Crippen molar-refractivity contribution < 1.29 is 18.0 Å². The Morgan fingerprint density at radius 2 is 1.79 bits per heavy atom. The van der Waals surface area contributed by atoms with Crippen molar-refractivity contribution in [1.29, 1.82) is 0 Å². The number of pyridine rings is 1. The maximum atomic E-state index is 12.4. The highest BCUT2D eigenvalue weighted by atomic mass is 19.4. The number of benzene rings is 1. The molecule has 0 saturated heterocycles. The SMILES string of the molecule is O=C(Cc1cccnc1)c1ccc(C(F)(F)F)cc1. The van der Waals surface area contributed by atoms with Gasteiger partial charge in [-0.2, -0.15) is 13.2 Å². The first kappa shape index (κ1) is 13.3. The van der Waals surface area contributed by atoms with Gasteiger partial charge in [0.25, 0.3) is 0 Å². The van der Waals surface area contributed by atoms with E-state index in [0.29, 0.717) is 0 Å². The summed E-state index contributed by atoms with van der Waals surface area (Å²) in [6.45, 7) is 0. The number of aromatic nitrogens is 1. The molecule has 2 aromatic rings. The van der Waals surface area contributed by atoms with Gasteiger partial charge in [-0.3, -0.25) is 9.78 Å². The lowest BCUT2D eigenvalue weighted by Crippen LogP contribution is -2.07. The molecule has 0 atom stereocenters. The van der Waals surface area contributed by atoms with Crippen molar-refractivity contribution in [3.8, 4) is 0 Å². The zero-order chi connectivity index (χ0) is 13.9. The Kier molecular flexibility index (Phi) is 3.64. The van der Waals surface area contributed by atoms with Crippen LogP contribution in [0, 0.1) is 0 Å². The summed E-state index contributed by atoms with van der Waals surface area (Å²) in [7, 11) is 0. The second-order valence-electron chi connectivity index (χ2n) is 4.04. The topological polar surface area (TPSA) is 30.0 Å². The molecule has 1 aromatic carbocycles. The minimum Gasteiger partial charge on any atom is -0.294 e. The molecule has 98 valence electrons. The highest BCUT2D eigenvalue weighted by Crippen LogP contribution is 2.29. The van der Waals surface area contributed by atoms with Gasteiger partial charge in [0.05, 0.1) is 5.56 Å². The summed E-state index contributed by atoms with van der Waals surface area (Å²) in [4.78, 5) is 15.7. The van der Waals surface area contributed by atoms with Crippen LogP contribution in [0.2, 0.25) is 0 Å². The van der Waals surface area contributed by atoms with Crippen LogP contribution in [-0.4, -0.2) is 10.8 Å². The fraction of sp³-hybridized carbons (Fsp3) is 0.143. The van der Waals surface area contributed by atoms with Crippen molar-refractivity contribution in [2.24, 2.45) is 0 Å². The Labute approximate surface area is 107 Å². The van der Waals surface area contributed by atoms with Crippen molar-refractivity contribution >= 4 is 5.78 Å². The highest BCUT2D eigenvalue weighted by Gasteiger charge is 2.30. The van der Waals surface area contributed by atoms with Gasteiger partial charge in [-0.1, -0.05) is 18.2 Å². The number of halogens is 3. The molecule has 2 nitrogen and oxygen atoms in total. The molecule has 0 fully saturated rings. The number of rotatable bonds is 3. The number of hydrogen-bond donors (Lipinski definition) is 0. The molecular weight excluding hydrogens is 255 g/mol. The molecule has 0 radical (unpaired) electrons. The van der Waals surface area contributed by atoms with Crippen LogP contribution in [0.25, 0.3) is 0 Å². The normalized spacial score (nSPS) is 11.3. The van der Waals surface area contributed by atoms with E-state index in [-0.39, 0.29) is 17.8 Å². The lowest BCUT2D eigenvalue weighted by atomic mass is 10.0. The number of hydrogen-bond acceptors (Lipinski definition) is 2. The van der Waals surface area contributed by atoms with Gasteiger partial charge in [-0.25, -0.2) is 0 Å². The Morgan fingerprint density at radius 3 is 2.32 bits per heavy atom. The smallest absolute Gasteiger partial charge is 0.294 e. The van der Waals surface area contributed by atoms with Crippen LogP contribution in [-0.2, 0) is 12.6 Å². The minimum atomic E-state index is -4.38. The molecule has 0 aliphatic rings. The van der Waals surface area contributed by atoms with E-state index in [1.54, 1.807) is 24.5 Å². The standard InChI is InChI=1S/C14H10F3NO/c15-14(16,17)12-5-3-11(4-6-12)13(19)8-10-2-1-7-18-9-10/h1-7,9H,8H2. The molecule has 19 heavy (non-hydrogen) atoms. The minimum absolute atomic E-state index is 0.124. The van der Waals surface area contributed by atoms with Crippen LogP contribution < -0.4 is 0 Å². The first-order valence-corrected chi connectivity index (χ1v) is 5.56. The molecular formula is C14H10F3NO. The van der Waals surface area contributed by atoms with E-state index in [2.05, 4.69) is 4.98 Å². The second kappa shape index (κ2) is 5.22. The summed E-state index contributed by atoms with van der Waals surface area (Å²) in [6, 6.07) is 7.67. The molecule has 2 rings (SSSR count). The molecule has 0 unspecified atom stereocenters. The zero-order valence-corrected chi connectivity index (χ0v) is 9.82. The predicted octanol–water partition coefficient (Wildman–Crippen LogP) is 3.53. The van der Waals surface area contributed by atoms with E-state index >= 15 is 0 Å². The molecule has 0 N–H and O–H groups in total. The monoisotopic (exact) mass is 265 g/mol. The van der Waals surface area contributed by atoms with Crippen molar-refractivity contribution in [2.75, 3.05) is 0 Å². The van der Waals surface area contributed by atoms with E-state index in [1.807, 2.05) is 0 Å². The Bertz CT molecular complexity index is 561. The third-order valence-corrected chi connectivity index (χ3v) is 2.62. The van der Waals surface area contributed by atoms with Gasteiger partial charge < -0.3 is 0 Å². The quantitative estimate of drug-likeness (QED) is 0.795. The molecule has 1 aromatic heterocycles. The van der Waals surface area contributed by atoms with Gasteiger partial charge >= 0.3 is 6.18 Å². The molecule has 0 amide bonds. The number of alkyl halides is 3. The number of carbonyl (C=O) groups is 1. The van der Waals surface area contributed by atoms with Gasteiger partial charge in [0.2, 0.25) is 0 Å². The lowest BCUT2D eigenvalue weighted by molar-refractivity contribution is -0.137. The fourth-order valence-electron chi connectivity index (χ4n) is 1.64. The molecule has 0 spiro atoms. The average molecular weight is 265 g/mol. The maximum absolute atomic E-state index is 12.4. The summed E-state index contributed by atoms with van der Waals surface area (Å²) in [5, 5.41) is 0. The molecule has 0 aliphatic carbocycles. The first-order valence-electron chi connectivity index (χ1n) is 5.56. The van der Waals surface area contributed by atoms with Gasteiger partial charge in [0, 0.05) is 24.4 Å². The van der Waals surface area contributed by atoms with E-state index in [0.717, 1.165) is 17.7 Å². The maximum Gasteiger partial charge on any atom is 0.416 e. The van der Waals surface area contributed by atoms with Crippen molar-refractivity contribution in [3.63, 3.8) is 0 Å². The fourth-order valence-corrected chi connectivity index (χ4v) is 1.64. The van der Waals surface area contributed by atoms with Gasteiger partial charge in [0.15, 0.2) is 5.78 Å². The average Bonchev–Trinajstić information content (AvgIpc) is 2.39. The first-order chi connectivity index (χ1) is 8.97. The summed E-state index contributed by atoms with van der Waals surface area (Å²) >= 11 is 0. The molecule has 0 bridgehead atoms. The lowest BCUT2D eigenvalue weighted by Gasteiger charge is -2.07. The zero-order valence-electron chi connectivity index (χ0n) is 9.82. The van der Waals surface area contributed by atoms with Crippen LogP contribution in [0.4, 0.5) is 13.2 Å². The van der Waals surface area contributed by atoms with E-state index in [1.165, 1.54) is 12.1 Å². The van der Waals surface area contributed by atoms with Crippen molar-refractivity contribution in [2.45, 2.75) is 12.6 Å². The number of carbonyl (C=O) groups excluding carboxylic acids is 1. The summed E-state index contributed by atoms with van der Waals surface area (Å²) in [5.74, 6) is -0.235. The van der Waals surface area contributed by atoms with Crippen molar-refractivity contribution in [3.05, 3.63) is 65.5 Å². The van der Waals surface area contributed by atoms with Crippen LogP contribution in [0.5, 0.6) is 0 Å². The van der Waals surface area contributed by atoms with Crippen LogP contribution in [0.15, 0.2) is 48.8 Å². The van der Waals surface area contributed by atoms with E-state index in [9.17, 15) is 18.0 Å². The predicted molar refractivity (Wildman–Crippen MR) is 63.7 cm³/mol. The van der Waals surface area contributed by atoms with E-state index in [4.69, 9.17) is 0 Å². The van der Waals surface area contributed by atoms with Gasteiger partial charge in [0.1, 0.15) is 0 Å². The second-order valence-corrected chi connectivity index (χ2v) is 4.04. The summed E-state index contributed by atoms with van der Waals surface area (Å²) in [6.07, 6.45) is -1.11. The molecule has 0 aliphatic heterocycles.